The van der Waals surface area contributed by atoms with E-state index in [1.165, 1.54) is 6.92 Å². The van der Waals surface area contributed by atoms with Gasteiger partial charge in [0.15, 0.2) is 12.2 Å². The maximum absolute atomic E-state index is 12.2. The van der Waals surface area contributed by atoms with Gasteiger partial charge in [-0.05, 0) is 6.42 Å². The molecule has 0 aliphatic carbocycles. The number of hydrogen-bond donors (Lipinski definition) is 1. The first kappa shape index (κ1) is 24.3. The lowest BCUT2D eigenvalue weighted by molar-refractivity contribution is -0.271. The van der Waals surface area contributed by atoms with Crippen molar-refractivity contribution in [3.05, 3.63) is 0 Å². The van der Waals surface area contributed by atoms with E-state index in [0.29, 0.717) is 6.42 Å². The fourth-order valence-corrected chi connectivity index (χ4v) is 2.81. The first-order chi connectivity index (χ1) is 13.5. The van der Waals surface area contributed by atoms with E-state index < -0.39 is 60.4 Å². The Balaban J connectivity index is 3.31. The molecule has 11 heteroatoms. The SMILES string of the molecule is CCCC(=O)N[C@H]1C(OC(C)=O)O[C@H](COC(C)=O)[C@@H](OC(C)=O)[C@@H]1OC(C)=O. The van der Waals surface area contributed by atoms with Gasteiger partial charge in [0, 0.05) is 34.1 Å². The Morgan fingerprint density at radius 2 is 1.38 bits per heavy atom. The van der Waals surface area contributed by atoms with E-state index in [9.17, 15) is 24.0 Å². The van der Waals surface area contributed by atoms with Crippen molar-refractivity contribution in [2.45, 2.75) is 78.1 Å². The normalized spacial score (nSPS) is 26.0. The Hall–Kier alpha value is -2.69. The quantitative estimate of drug-likeness (QED) is 0.423. The van der Waals surface area contributed by atoms with Crippen molar-refractivity contribution in [1.82, 2.24) is 5.32 Å². The highest BCUT2D eigenvalue weighted by molar-refractivity contribution is 5.76. The Bertz CT molecular complexity index is 634. The highest BCUT2D eigenvalue weighted by atomic mass is 16.7. The van der Waals surface area contributed by atoms with Crippen molar-refractivity contribution in [3.8, 4) is 0 Å². The van der Waals surface area contributed by atoms with Crippen molar-refractivity contribution in [3.63, 3.8) is 0 Å². The van der Waals surface area contributed by atoms with Crippen LogP contribution in [0.3, 0.4) is 0 Å². The number of nitrogens with one attached hydrogen (secondary N) is 1. The molecular formula is C18H27NO10. The monoisotopic (exact) mass is 417 g/mol. The molecule has 0 aromatic rings. The van der Waals surface area contributed by atoms with Crippen LogP contribution in [-0.4, -0.2) is 67.0 Å². The summed E-state index contributed by atoms with van der Waals surface area (Å²) in [5.41, 5.74) is 0. The highest BCUT2D eigenvalue weighted by Crippen LogP contribution is 2.28. The maximum atomic E-state index is 12.2. The van der Waals surface area contributed by atoms with Crippen molar-refractivity contribution in [2.24, 2.45) is 0 Å². The van der Waals surface area contributed by atoms with Crippen molar-refractivity contribution in [1.29, 1.82) is 0 Å². The van der Waals surface area contributed by atoms with Gasteiger partial charge in [0.25, 0.3) is 0 Å². The van der Waals surface area contributed by atoms with Crippen LogP contribution in [0.25, 0.3) is 0 Å². The minimum atomic E-state index is -1.37. The molecule has 0 bridgehead atoms. The van der Waals surface area contributed by atoms with E-state index in [1.807, 2.05) is 0 Å². The van der Waals surface area contributed by atoms with Gasteiger partial charge >= 0.3 is 23.9 Å². The van der Waals surface area contributed by atoms with Gasteiger partial charge in [0.1, 0.15) is 18.8 Å². The molecule has 0 radical (unpaired) electrons. The number of esters is 4. The molecule has 5 atom stereocenters. The van der Waals surface area contributed by atoms with Gasteiger partial charge in [-0.1, -0.05) is 6.92 Å². The van der Waals surface area contributed by atoms with Crippen LogP contribution in [0.4, 0.5) is 0 Å². The molecule has 164 valence electrons. The summed E-state index contributed by atoms with van der Waals surface area (Å²) in [4.78, 5) is 58.2. The summed E-state index contributed by atoms with van der Waals surface area (Å²) >= 11 is 0. The predicted octanol–water partition coefficient (Wildman–Crippen LogP) is -0.0142. The highest BCUT2D eigenvalue weighted by Gasteiger charge is 2.52. The molecule has 1 heterocycles. The predicted molar refractivity (Wildman–Crippen MR) is 95.0 cm³/mol. The number of ether oxygens (including phenoxy) is 5. The summed E-state index contributed by atoms with van der Waals surface area (Å²) < 4.78 is 26.3. The van der Waals surface area contributed by atoms with Gasteiger partial charge in [-0.3, -0.25) is 24.0 Å². The van der Waals surface area contributed by atoms with Crippen LogP contribution in [0.2, 0.25) is 0 Å². The molecule has 1 N–H and O–H groups in total. The topological polar surface area (TPSA) is 144 Å². The standard InChI is InChI=1S/C18H27NO10/c1-6-7-14(24)19-15-17(27-11(4)22)16(26-10(3)21)13(8-25-9(2)20)29-18(15)28-12(5)23/h13,15-18H,6-8H2,1-5H3,(H,19,24)/t13-,15-,16-,17-,18?/m1/s1. The zero-order valence-electron chi connectivity index (χ0n) is 17.1. The van der Waals surface area contributed by atoms with Crippen LogP contribution in [0.1, 0.15) is 47.5 Å². The zero-order valence-corrected chi connectivity index (χ0v) is 17.1. The molecule has 1 saturated heterocycles. The zero-order chi connectivity index (χ0) is 22.1. The summed E-state index contributed by atoms with van der Waals surface area (Å²) in [5.74, 6) is -3.19. The molecule has 1 unspecified atom stereocenters. The van der Waals surface area contributed by atoms with Crippen LogP contribution < -0.4 is 5.32 Å². The molecule has 1 fully saturated rings. The van der Waals surface area contributed by atoms with Crippen molar-refractivity contribution in [2.75, 3.05) is 6.61 Å². The summed E-state index contributed by atoms with van der Waals surface area (Å²) in [5, 5.41) is 2.60. The smallest absolute Gasteiger partial charge is 0.305 e. The Morgan fingerprint density at radius 3 is 1.86 bits per heavy atom. The van der Waals surface area contributed by atoms with Crippen LogP contribution in [-0.2, 0) is 47.7 Å². The third kappa shape index (κ3) is 8.06. The largest absolute Gasteiger partial charge is 0.463 e. The lowest BCUT2D eigenvalue weighted by Gasteiger charge is -2.44. The van der Waals surface area contributed by atoms with E-state index in [0.717, 1.165) is 20.8 Å². The first-order valence-corrected chi connectivity index (χ1v) is 9.15. The second-order valence-electron chi connectivity index (χ2n) is 6.45. The fraction of sp³-hybridized carbons (Fsp3) is 0.722. The lowest BCUT2D eigenvalue weighted by atomic mass is 9.96. The van der Waals surface area contributed by atoms with Gasteiger partial charge in [-0.2, -0.15) is 0 Å². The number of hydrogen-bond acceptors (Lipinski definition) is 10. The van der Waals surface area contributed by atoms with Gasteiger partial charge in [-0.25, -0.2) is 0 Å². The number of amides is 1. The fourth-order valence-electron chi connectivity index (χ4n) is 2.81. The summed E-state index contributed by atoms with van der Waals surface area (Å²) in [6.07, 6.45) is -4.27. The first-order valence-electron chi connectivity index (χ1n) is 9.15. The molecular weight excluding hydrogens is 390 g/mol. The molecule has 1 aliphatic heterocycles. The Kier molecular flexibility index (Phi) is 9.53. The lowest BCUT2D eigenvalue weighted by Crippen LogP contribution is -2.67. The summed E-state index contributed by atoms with van der Waals surface area (Å²) in [6, 6.07) is -1.15. The van der Waals surface area contributed by atoms with E-state index >= 15 is 0 Å². The average molecular weight is 417 g/mol. The summed E-state index contributed by atoms with van der Waals surface area (Å²) in [7, 11) is 0. The van der Waals surface area contributed by atoms with Crippen LogP contribution in [0.5, 0.6) is 0 Å². The molecule has 11 nitrogen and oxygen atoms in total. The second-order valence-corrected chi connectivity index (χ2v) is 6.45. The molecule has 1 aliphatic rings. The van der Waals surface area contributed by atoms with Gasteiger partial charge in [0.2, 0.25) is 12.2 Å². The second kappa shape index (κ2) is 11.3. The maximum Gasteiger partial charge on any atom is 0.305 e. The summed E-state index contributed by atoms with van der Waals surface area (Å²) in [6.45, 7) is 6.00. The van der Waals surface area contributed by atoms with E-state index in [1.54, 1.807) is 6.92 Å². The van der Waals surface area contributed by atoms with E-state index in [4.69, 9.17) is 23.7 Å². The van der Waals surface area contributed by atoms with E-state index in [-0.39, 0.29) is 13.0 Å². The number of carbonyl (C=O) groups excluding carboxylic acids is 5. The molecule has 0 aromatic heterocycles. The van der Waals surface area contributed by atoms with Crippen LogP contribution in [0, 0.1) is 0 Å². The van der Waals surface area contributed by atoms with Gasteiger partial charge in [0.05, 0.1) is 0 Å². The molecule has 29 heavy (non-hydrogen) atoms. The minimum Gasteiger partial charge on any atom is -0.463 e. The molecule has 0 spiro atoms. The average Bonchev–Trinajstić information content (AvgIpc) is 2.57. The molecule has 0 saturated carbocycles. The molecule has 1 amide bonds. The third-order valence-electron chi connectivity index (χ3n) is 3.79. The number of carbonyl (C=O) groups is 5. The molecule has 1 rings (SSSR count). The van der Waals surface area contributed by atoms with Crippen molar-refractivity contribution >= 4 is 29.8 Å². The van der Waals surface area contributed by atoms with Gasteiger partial charge in [-0.15, -0.1) is 0 Å². The van der Waals surface area contributed by atoms with Gasteiger partial charge < -0.3 is 29.0 Å². The van der Waals surface area contributed by atoms with Crippen molar-refractivity contribution < 1.29 is 47.7 Å². The third-order valence-corrected chi connectivity index (χ3v) is 3.79. The minimum absolute atomic E-state index is 0.158. The number of rotatable bonds is 8. The Morgan fingerprint density at radius 1 is 0.828 bits per heavy atom. The van der Waals surface area contributed by atoms with Crippen LogP contribution in [0.15, 0.2) is 0 Å². The molecule has 0 aromatic carbocycles. The van der Waals surface area contributed by atoms with E-state index in [2.05, 4.69) is 5.32 Å². The van der Waals surface area contributed by atoms with Crippen LogP contribution >= 0.6 is 0 Å². The Labute approximate surface area is 168 Å².